The Morgan fingerprint density at radius 2 is 1.63 bits per heavy atom. The van der Waals surface area contributed by atoms with Crippen LogP contribution in [0, 0.1) is 5.82 Å². The molecule has 0 aliphatic heterocycles. The zero-order valence-corrected chi connectivity index (χ0v) is 21.3. The molecule has 0 fully saturated rings. The summed E-state index contributed by atoms with van der Waals surface area (Å²) < 4.78 is 13.9. The minimum absolute atomic E-state index is 0.0768. The molecule has 2 heterocycles. The maximum Gasteiger partial charge on any atom is 0.253 e. The van der Waals surface area contributed by atoms with E-state index < -0.39 is 5.82 Å². The van der Waals surface area contributed by atoms with Crippen LogP contribution in [-0.2, 0) is 0 Å². The van der Waals surface area contributed by atoms with Crippen molar-refractivity contribution in [3.63, 3.8) is 0 Å². The van der Waals surface area contributed by atoms with Crippen LogP contribution in [-0.4, -0.2) is 75.7 Å². The number of aliphatic imine (C=N–C) groups is 1. The number of fused-ring (bicyclic) bond motifs is 2. The van der Waals surface area contributed by atoms with Gasteiger partial charge in [-0.1, -0.05) is 6.07 Å². The number of benzene rings is 3. The third-order valence-corrected chi connectivity index (χ3v) is 6.30. The predicted molar refractivity (Wildman–Crippen MR) is 147 cm³/mol. The Morgan fingerprint density at radius 3 is 2.37 bits per heavy atom. The lowest BCUT2D eigenvalue weighted by atomic mass is 10.00. The second kappa shape index (κ2) is 10.4. The minimum Gasteiger partial charge on any atom is -0.494 e. The molecule has 2 N–H and O–H groups in total. The number of aromatic amines is 1. The first-order valence-electron chi connectivity index (χ1n) is 12.1. The van der Waals surface area contributed by atoms with E-state index in [2.05, 4.69) is 15.0 Å². The Labute approximate surface area is 219 Å². The van der Waals surface area contributed by atoms with Crippen molar-refractivity contribution in [1.29, 1.82) is 0 Å². The topological polar surface area (TPSA) is 97.7 Å². The van der Waals surface area contributed by atoms with E-state index in [1.807, 2.05) is 37.2 Å². The number of hydrogen-bond acceptors (Lipinski definition) is 6. The molecule has 5 rings (SSSR count). The summed E-state index contributed by atoms with van der Waals surface area (Å²) in [5.74, 6) is -0.620. The smallest absolute Gasteiger partial charge is 0.253 e. The van der Waals surface area contributed by atoms with Crippen molar-refractivity contribution in [3.05, 3.63) is 95.6 Å². The summed E-state index contributed by atoms with van der Waals surface area (Å²) in [4.78, 5) is 33.0. The Kier molecular flexibility index (Phi) is 6.85. The average Bonchev–Trinajstić information content (AvgIpc) is 3.24. The highest BCUT2D eigenvalue weighted by molar-refractivity contribution is 6.22. The maximum atomic E-state index is 13.9. The van der Waals surface area contributed by atoms with Gasteiger partial charge in [-0.25, -0.2) is 9.38 Å². The van der Waals surface area contributed by atoms with Gasteiger partial charge in [0.1, 0.15) is 5.82 Å². The van der Waals surface area contributed by atoms with Gasteiger partial charge in [-0.05, 0) is 68.7 Å². The number of halogens is 1. The van der Waals surface area contributed by atoms with E-state index in [9.17, 15) is 14.3 Å². The number of amides is 1. The molecular weight excluding hydrogens is 483 g/mol. The SMILES string of the molecule is CN(C)CCN(C)C(=O)c1ccc(N=C(c2ccc3nccnc3c2)c2c(O)[nH]c3cc(F)ccc23)cc1. The van der Waals surface area contributed by atoms with Gasteiger partial charge in [0.2, 0.25) is 0 Å². The van der Waals surface area contributed by atoms with Crippen molar-refractivity contribution < 1.29 is 14.3 Å². The number of nitrogens with one attached hydrogen (secondary N) is 1. The lowest BCUT2D eigenvalue weighted by Gasteiger charge is -2.19. The molecule has 5 aromatic rings. The van der Waals surface area contributed by atoms with Crippen molar-refractivity contribution in [2.24, 2.45) is 4.99 Å². The van der Waals surface area contributed by atoms with Crippen molar-refractivity contribution in [2.75, 3.05) is 34.2 Å². The first-order valence-corrected chi connectivity index (χ1v) is 12.1. The molecule has 192 valence electrons. The largest absolute Gasteiger partial charge is 0.494 e. The molecule has 0 saturated heterocycles. The number of aromatic hydroxyl groups is 1. The normalized spacial score (nSPS) is 12.0. The van der Waals surface area contributed by atoms with E-state index in [0.717, 1.165) is 12.1 Å². The van der Waals surface area contributed by atoms with Gasteiger partial charge in [0, 0.05) is 49.0 Å². The number of hydrogen-bond donors (Lipinski definition) is 2. The van der Waals surface area contributed by atoms with Crippen LogP contribution in [0.3, 0.4) is 0 Å². The monoisotopic (exact) mass is 510 g/mol. The predicted octanol–water partition coefficient (Wildman–Crippen LogP) is 4.76. The molecule has 0 saturated carbocycles. The quantitative estimate of drug-likeness (QED) is 0.308. The summed E-state index contributed by atoms with van der Waals surface area (Å²) in [6.45, 7) is 1.38. The van der Waals surface area contributed by atoms with Crippen LogP contribution in [0.1, 0.15) is 21.5 Å². The van der Waals surface area contributed by atoms with Crippen LogP contribution in [0.25, 0.3) is 21.9 Å². The van der Waals surface area contributed by atoms with Crippen LogP contribution >= 0.6 is 0 Å². The van der Waals surface area contributed by atoms with Crippen LogP contribution in [0.2, 0.25) is 0 Å². The Morgan fingerprint density at radius 1 is 0.921 bits per heavy atom. The van der Waals surface area contributed by atoms with Crippen molar-refractivity contribution in [3.8, 4) is 5.88 Å². The molecule has 0 spiro atoms. The third-order valence-electron chi connectivity index (χ3n) is 6.30. The fourth-order valence-corrected chi connectivity index (χ4v) is 4.25. The number of likely N-dealkylation sites (N-methyl/N-ethyl adjacent to an activating group) is 2. The molecule has 0 atom stereocenters. The Balaban J connectivity index is 1.58. The zero-order chi connectivity index (χ0) is 26.8. The highest BCUT2D eigenvalue weighted by Crippen LogP contribution is 2.32. The number of aromatic nitrogens is 3. The number of rotatable bonds is 7. The minimum atomic E-state index is -0.416. The summed E-state index contributed by atoms with van der Waals surface area (Å²) in [7, 11) is 5.71. The fourth-order valence-electron chi connectivity index (χ4n) is 4.25. The lowest BCUT2D eigenvalue weighted by Crippen LogP contribution is -2.33. The van der Waals surface area contributed by atoms with Gasteiger partial charge in [-0.3, -0.25) is 14.8 Å². The van der Waals surface area contributed by atoms with E-state index in [4.69, 9.17) is 4.99 Å². The highest BCUT2D eigenvalue weighted by Gasteiger charge is 2.20. The van der Waals surface area contributed by atoms with Crippen molar-refractivity contribution >= 4 is 39.2 Å². The summed E-state index contributed by atoms with van der Waals surface area (Å²) in [5, 5.41) is 11.5. The van der Waals surface area contributed by atoms with Crippen LogP contribution < -0.4 is 0 Å². The van der Waals surface area contributed by atoms with Gasteiger partial charge in [-0.2, -0.15) is 0 Å². The first kappa shape index (κ1) is 25.0. The van der Waals surface area contributed by atoms with Gasteiger partial charge >= 0.3 is 0 Å². The van der Waals surface area contributed by atoms with Crippen molar-refractivity contribution in [2.45, 2.75) is 0 Å². The average molecular weight is 511 g/mol. The molecule has 0 aliphatic carbocycles. The van der Waals surface area contributed by atoms with Gasteiger partial charge in [0.15, 0.2) is 5.88 Å². The molecule has 0 aliphatic rings. The second-order valence-electron chi connectivity index (χ2n) is 9.34. The van der Waals surface area contributed by atoms with Crippen LogP contribution in [0.5, 0.6) is 5.88 Å². The molecule has 9 heteroatoms. The summed E-state index contributed by atoms with van der Waals surface area (Å²) in [5.41, 5.74) is 4.59. The van der Waals surface area contributed by atoms with Gasteiger partial charge in [0.25, 0.3) is 5.91 Å². The molecule has 2 aromatic heterocycles. The highest BCUT2D eigenvalue weighted by atomic mass is 19.1. The van der Waals surface area contributed by atoms with Gasteiger partial charge in [0.05, 0.1) is 33.5 Å². The molecule has 0 radical (unpaired) electrons. The number of H-pyrrole nitrogens is 1. The van der Waals surface area contributed by atoms with Crippen LogP contribution in [0.4, 0.5) is 10.1 Å². The lowest BCUT2D eigenvalue weighted by molar-refractivity contribution is 0.0786. The van der Waals surface area contributed by atoms with E-state index in [-0.39, 0.29) is 11.8 Å². The molecule has 8 nitrogen and oxygen atoms in total. The molecule has 1 amide bonds. The van der Waals surface area contributed by atoms with Gasteiger partial charge < -0.3 is 19.9 Å². The first-order chi connectivity index (χ1) is 18.3. The van der Waals surface area contributed by atoms with Crippen LogP contribution in [0.15, 0.2) is 78.0 Å². The Hall–Kier alpha value is -4.63. The van der Waals surface area contributed by atoms with E-state index in [1.165, 1.54) is 12.1 Å². The number of carbonyl (C=O) groups is 1. The maximum absolute atomic E-state index is 13.9. The second-order valence-corrected chi connectivity index (χ2v) is 9.34. The summed E-state index contributed by atoms with van der Waals surface area (Å²) in [6.07, 6.45) is 3.23. The third kappa shape index (κ3) is 5.09. The molecule has 3 aromatic carbocycles. The van der Waals surface area contributed by atoms with Gasteiger partial charge in [-0.15, -0.1) is 0 Å². The summed E-state index contributed by atoms with van der Waals surface area (Å²) >= 11 is 0. The Bertz CT molecular complexity index is 1660. The molecular formula is C29H27FN6O2. The molecule has 0 bridgehead atoms. The van der Waals surface area contributed by atoms with Crippen molar-refractivity contribution in [1.82, 2.24) is 24.8 Å². The van der Waals surface area contributed by atoms with E-state index >= 15 is 0 Å². The van der Waals surface area contributed by atoms with E-state index in [1.54, 1.807) is 54.7 Å². The fraction of sp³-hybridized carbons (Fsp3) is 0.172. The molecule has 38 heavy (non-hydrogen) atoms. The van der Waals surface area contributed by atoms with E-state index in [0.29, 0.717) is 51.1 Å². The standard InChI is InChI=1S/C29H27FN6O2/c1-35(2)14-15-36(3)29(38)18-4-8-21(9-5-18)33-27(19-6-11-23-25(16-19)32-13-12-31-23)26-22-10-7-20(30)17-24(22)34-28(26)37/h4-13,16-17,34,37H,14-15H2,1-3H3. The summed E-state index contributed by atoms with van der Waals surface area (Å²) in [6, 6.07) is 16.8. The number of nitrogens with zero attached hydrogens (tertiary/aromatic N) is 5. The zero-order valence-electron chi connectivity index (χ0n) is 21.3. The number of carbonyl (C=O) groups excluding carboxylic acids is 1. The molecule has 0 unspecified atom stereocenters.